The van der Waals surface area contributed by atoms with Crippen LogP contribution in [0.4, 0.5) is 0 Å². The number of aliphatic carboxylic acids is 1. The van der Waals surface area contributed by atoms with Gasteiger partial charge < -0.3 is 9.84 Å². The number of hydrogen-bond acceptors (Lipinski definition) is 3. The predicted octanol–water partition coefficient (Wildman–Crippen LogP) is 1.05. The Morgan fingerprint density at radius 3 is 2.31 bits per heavy atom. The van der Waals surface area contributed by atoms with Gasteiger partial charge in [0.2, 0.25) is 0 Å². The highest BCUT2D eigenvalue weighted by Gasteiger charge is 2.37. The van der Waals surface area contributed by atoms with E-state index in [4.69, 9.17) is 5.11 Å². The molecule has 4 heteroatoms. The first-order valence-corrected chi connectivity index (χ1v) is 4.47. The molecule has 0 radical (unpaired) electrons. The van der Waals surface area contributed by atoms with E-state index in [1.165, 1.54) is 7.11 Å². The van der Waals surface area contributed by atoms with Gasteiger partial charge in [-0.2, -0.15) is 0 Å². The van der Waals surface area contributed by atoms with Crippen molar-refractivity contribution in [3.63, 3.8) is 0 Å². The van der Waals surface area contributed by atoms with Gasteiger partial charge in [-0.1, -0.05) is 12.8 Å². The maximum atomic E-state index is 11.1. The van der Waals surface area contributed by atoms with Crippen molar-refractivity contribution in [3.05, 3.63) is 0 Å². The van der Waals surface area contributed by atoms with Gasteiger partial charge in [-0.25, -0.2) is 0 Å². The van der Waals surface area contributed by atoms with E-state index in [9.17, 15) is 9.59 Å². The third-order valence-corrected chi connectivity index (χ3v) is 2.59. The number of esters is 1. The Morgan fingerprint density at radius 1 is 1.38 bits per heavy atom. The molecule has 1 aliphatic rings. The molecule has 0 spiro atoms. The van der Waals surface area contributed by atoms with Crippen LogP contribution >= 0.6 is 0 Å². The van der Waals surface area contributed by atoms with Gasteiger partial charge >= 0.3 is 11.9 Å². The van der Waals surface area contributed by atoms with Gasteiger partial charge in [0.1, 0.15) is 0 Å². The summed E-state index contributed by atoms with van der Waals surface area (Å²) in [5.74, 6) is -2.64. The molecule has 1 unspecified atom stereocenters. The summed E-state index contributed by atoms with van der Waals surface area (Å²) in [6, 6.07) is 0. The summed E-state index contributed by atoms with van der Waals surface area (Å²) >= 11 is 0. The van der Waals surface area contributed by atoms with Gasteiger partial charge in [0.05, 0.1) is 7.11 Å². The van der Waals surface area contributed by atoms with Crippen LogP contribution in [0.25, 0.3) is 0 Å². The van der Waals surface area contributed by atoms with Crippen LogP contribution in [0, 0.1) is 11.8 Å². The maximum absolute atomic E-state index is 11.1. The van der Waals surface area contributed by atoms with E-state index in [0.29, 0.717) is 0 Å². The SMILES string of the molecule is COC(=O)C(C(=O)O)C1CCCC1. The topological polar surface area (TPSA) is 63.6 Å². The van der Waals surface area contributed by atoms with Crippen molar-refractivity contribution in [3.8, 4) is 0 Å². The zero-order chi connectivity index (χ0) is 9.84. The van der Waals surface area contributed by atoms with Crippen LogP contribution in [0.2, 0.25) is 0 Å². The highest BCUT2D eigenvalue weighted by molar-refractivity contribution is 5.94. The van der Waals surface area contributed by atoms with Gasteiger partial charge in [0, 0.05) is 0 Å². The van der Waals surface area contributed by atoms with Gasteiger partial charge in [-0.15, -0.1) is 0 Å². The van der Waals surface area contributed by atoms with Crippen LogP contribution in [0.3, 0.4) is 0 Å². The summed E-state index contributed by atoms with van der Waals surface area (Å²) in [6.45, 7) is 0. The number of ether oxygens (including phenoxy) is 1. The average molecular weight is 186 g/mol. The molecular weight excluding hydrogens is 172 g/mol. The summed E-state index contributed by atoms with van der Waals surface area (Å²) < 4.78 is 4.47. The number of carbonyl (C=O) groups is 2. The third kappa shape index (κ3) is 2.20. The van der Waals surface area contributed by atoms with Gasteiger partial charge in [-0.05, 0) is 18.8 Å². The van der Waals surface area contributed by atoms with Crippen LogP contribution < -0.4 is 0 Å². The smallest absolute Gasteiger partial charge is 0.320 e. The average Bonchev–Trinajstić information content (AvgIpc) is 2.56. The number of methoxy groups -OCH3 is 1. The van der Waals surface area contributed by atoms with Gasteiger partial charge in [-0.3, -0.25) is 9.59 Å². The van der Waals surface area contributed by atoms with Crippen LogP contribution in [0.15, 0.2) is 0 Å². The molecule has 13 heavy (non-hydrogen) atoms. The minimum atomic E-state index is -1.06. The first-order valence-electron chi connectivity index (χ1n) is 4.47. The molecule has 1 N–H and O–H groups in total. The van der Waals surface area contributed by atoms with Crippen molar-refractivity contribution in [1.82, 2.24) is 0 Å². The zero-order valence-electron chi connectivity index (χ0n) is 7.66. The molecule has 0 aliphatic heterocycles. The minimum Gasteiger partial charge on any atom is -0.481 e. The molecule has 0 amide bonds. The largest absolute Gasteiger partial charge is 0.481 e. The highest BCUT2D eigenvalue weighted by Crippen LogP contribution is 2.32. The highest BCUT2D eigenvalue weighted by atomic mass is 16.5. The first-order chi connectivity index (χ1) is 6.16. The lowest BCUT2D eigenvalue weighted by Gasteiger charge is -2.15. The monoisotopic (exact) mass is 186 g/mol. The number of carboxylic acid groups (broad SMARTS) is 1. The fourth-order valence-electron chi connectivity index (χ4n) is 1.91. The number of carboxylic acids is 1. The van der Waals surface area contributed by atoms with Crippen LogP contribution in [-0.2, 0) is 14.3 Å². The van der Waals surface area contributed by atoms with Gasteiger partial charge in [0.15, 0.2) is 5.92 Å². The number of carbonyl (C=O) groups excluding carboxylic acids is 1. The predicted molar refractivity (Wildman–Crippen MR) is 45.1 cm³/mol. The third-order valence-electron chi connectivity index (χ3n) is 2.59. The second-order valence-electron chi connectivity index (χ2n) is 3.38. The van der Waals surface area contributed by atoms with E-state index in [-0.39, 0.29) is 5.92 Å². The summed E-state index contributed by atoms with van der Waals surface area (Å²) in [7, 11) is 1.23. The standard InChI is InChI=1S/C9H14O4/c1-13-9(12)7(8(10)11)6-4-2-3-5-6/h6-7H,2-5H2,1H3,(H,10,11). The first kappa shape index (κ1) is 10.0. The molecule has 0 aromatic rings. The molecule has 1 saturated carbocycles. The fourth-order valence-corrected chi connectivity index (χ4v) is 1.91. The molecule has 1 atom stereocenters. The molecule has 1 aliphatic carbocycles. The Labute approximate surface area is 76.9 Å². The molecule has 0 saturated heterocycles. The quantitative estimate of drug-likeness (QED) is 0.528. The molecule has 0 aromatic heterocycles. The Bertz CT molecular complexity index is 206. The number of rotatable bonds is 3. The second kappa shape index (κ2) is 4.25. The number of hydrogen-bond donors (Lipinski definition) is 1. The second-order valence-corrected chi connectivity index (χ2v) is 3.38. The molecule has 1 fully saturated rings. The molecule has 0 heterocycles. The van der Waals surface area contributed by atoms with Crippen molar-refractivity contribution in [1.29, 1.82) is 0 Å². The van der Waals surface area contributed by atoms with Crippen molar-refractivity contribution in [2.24, 2.45) is 11.8 Å². The fraction of sp³-hybridized carbons (Fsp3) is 0.778. The van der Waals surface area contributed by atoms with E-state index in [1.54, 1.807) is 0 Å². The lowest BCUT2D eigenvalue weighted by atomic mass is 9.91. The van der Waals surface area contributed by atoms with Crippen molar-refractivity contribution in [2.45, 2.75) is 25.7 Å². The zero-order valence-corrected chi connectivity index (χ0v) is 7.66. The van der Waals surface area contributed by atoms with Crippen LogP contribution in [0.5, 0.6) is 0 Å². The molecule has 4 nitrogen and oxygen atoms in total. The molecule has 0 bridgehead atoms. The Balaban J connectivity index is 2.66. The minimum absolute atomic E-state index is 0.0232. The summed E-state index contributed by atoms with van der Waals surface area (Å²) in [5, 5.41) is 8.83. The molecule has 74 valence electrons. The van der Waals surface area contributed by atoms with E-state index in [1.807, 2.05) is 0 Å². The van der Waals surface area contributed by atoms with Crippen molar-refractivity contribution < 1.29 is 19.4 Å². The Kier molecular flexibility index (Phi) is 3.28. The van der Waals surface area contributed by atoms with E-state index < -0.39 is 17.9 Å². The molecule has 1 rings (SSSR count). The maximum Gasteiger partial charge on any atom is 0.320 e. The molecular formula is C9H14O4. The van der Waals surface area contributed by atoms with Crippen LogP contribution in [-0.4, -0.2) is 24.2 Å². The summed E-state index contributed by atoms with van der Waals surface area (Å²) in [5.41, 5.74) is 0. The lowest BCUT2D eigenvalue weighted by Crippen LogP contribution is -2.31. The van der Waals surface area contributed by atoms with Crippen molar-refractivity contribution >= 4 is 11.9 Å². The van der Waals surface area contributed by atoms with E-state index in [2.05, 4.69) is 4.74 Å². The molecule has 0 aromatic carbocycles. The Hall–Kier alpha value is -1.06. The van der Waals surface area contributed by atoms with E-state index in [0.717, 1.165) is 25.7 Å². The van der Waals surface area contributed by atoms with E-state index >= 15 is 0 Å². The lowest BCUT2D eigenvalue weighted by molar-refractivity contribution is -0.159. The summed E-state index contributed by atoms with van der Waals surface area (Å²) in [4.78, 5) is 21.9. The Morgan fingerprint density at radius 2 is 1.92 bits per heavy atom. The van der Waals surface area contributed by atoms with Gasteiger partial charge in [0.25, 0.3) is 0 Å². The van der Waals surface area contributed by atoms with Crippen molar-refractivity contribution in [2.75, 3.05) is 7.11 Å². The van der Waals surface area contributed by atoms with Crippen LogP contribution in [0.1, 0.15) is 25.7 Å². The normalized spacial score (nSPS) is 19.8. The summed E-state index contributed by atoms with van der Waals surface area (Å²) in [6.07, 6.45) is 3.69.